The first-order valence-corrected chi connectivity index (χ1v) is 37.7. The molecule has 1 heterocycles. The molecule has 620 valence electrons. The van der Waals surface area contributed by atoms with E-state index in [0.29, 0.717) is 11.1 Å². The number of urea groups is 1. The van der Waals surface area contributed by atoms with E-state index in [4.69, 9.17) is 38.5 Å². The fraction of sp³-hybridized carbons (Fsp3) is 0.568. The van der Waals surface area contributed by atoms with Crippen molar-refractivity contribution in [3.8, 4) is 0 Å². The number of ether oxygens (including phenoxy) is 5. The summed E-state index contributed by atoms with van der Waals surface area (Å²) < 4.78 is 52.9. The molecule has 2 aromatic carbocycles. The van der Waals surface area contributed by atoms with Gasteiger partial charge in [-0.25, -0.2) is 14.4 Å². The van der Waals surface area contributed by atoms with Crippen molar-refractivity contribution >= 4 is 109 Å². The van der Waals surface area contributed by atoms with Gasteiger partial charge < -0.3 is 96.1 Å². The molecule has 1 unspecified atom stereocenters. The Labute approximate surface area is 652 Å². The van der Waals surface area contributed by atoms with Gasteiger partial charge in [-0.1, -0.05) is 97.5 Å². The lowest BCUT2D eigenvalue weighted by Gasteiger charge is -2.34. The summed E-state index contributed by atoms with van der Waals surface area (Å²) in [6, 6.07) is 3.38. The molecule has 11 N–H and O–H groups in total. The third-order valence-electron chi connectivity index (χ3n) is 17.5. The van der Waals surface area contributed by atoms with Gasteiger partial charge in [0.05, 0.1) is 38.9 Å². The summed E-state index contributed by atoms with van der Waals surface area (Å²) in [5, 5.41) is 22.8. The number of esters is 3. The van der Waals surface area contributed by atoms with Crippen molar-refractivity contribution in [2.24, 2.45) is 23.5 Å². The molecule has 0 bridgehead atoms. The summed E-state index contributed by atoms with van der Waals surface area (Å²) in [5.74, 6) is -14.0. The molecule has 0 saturated carbocycles. The van der Waals surface area contributed by atoms with Crippen molar-refractivity contribution in [2.45, 2.75) is 201 Å². The number of anilines is 1. The molecule has 0 radical (unpaired) electrons. The van der Waals surface area contributed by atoms with E-state index < -0.39 is 199 Å². The van der Waals surface area contributed by atoms with Crippen LogP contribution in [-0.2, 0) is 122 Å². The van der Waals surface area contributed by atoms with Crippen molar-refractivity contribution in [3.05, 3.63) is 90.2 Å². The highest BCUT2D eigenvalue weighted by molar-refractivity contribution is 7.33. The highest BCUT2D eigenvalue weighted by Crippen LogP contribution is 2.33. The van der Waals surface area contributed by atoms with Crippen LogP contribution in [0.4, 0.5) is 10.5 Å². The van der Waals surface area contributed by atoms with E-state index in [1.165, 1.54) is 73.2 Å². The number of nitrogens with zero attached hydrogens (tertiary/aromatic N) is 3. The monoisotopic (exact) mass is 1600 g/mol. The highest BCUT2D eigenvalue weighted by atomic mass is 31.1. The van der Waals surface area contributed by atoms with Crippen LogP contribution in [0.25, 0.3) is 0 Å². The molecule has 3 rings (SSSR count). The van der Waals surface area contributed by atoms with Gasteiger partial charge in [0.15, 0.2) is 18.2 Å². The fourth-order valence-electron chi connectivity index (χ4n) is 10.7. The molecule has 14 amide bonds. The zero-order chi connectivity index (χ0) is 84.4. The number of amides is 14. The van der Waals surface area contributed by atoms with Crippen LogP contribution in [0.5, 0.6) is 0 Å². The maximum atomic E-state index is 14.5. The first-order chi connectivity index (χ1) is 52.7. The Morgan fingerprint density at radius 3 is 1.81 bits per heavy atom. The molecule has 0 aliphatic carbocycles. The number of nitrogens with one attached hydrogen (secondary N) is 9. The molecule has 0 fully saturated rings. The van der Waals surface area contributed by atoms with Gasteiger partial charge in [-0.3, -0.25) is 71.8 Å². The molecule has 2 aromatic rings. The second-order valence-corrected chi connectivity index (χ2v) is 28.4. The minimum atomic E-state index is -3.57. The average molecular weight is 1600 g/mol. The largest absolute Gasteiger partial charge is 0.460 e. The van der Waals surface area contributed by atoms with Crippen molar-refractivity contribution < 1.29 is 114 Å². The number of nitrogens with two attached hydrogens (primary N) is 1. The molecule has 112 heavy (non-hydrogen) atoms. The predicted octanol–water partition coefficient (Wildman–Crippen LogP) is 1.01. The first kappa shape index (κ1) is 95.7. The fourth-order valence-corrected chi connectivity index (χ4v) is 11.7. The molecule has 0 aromatic heterocycles. The molecular formula is C74H110N13O24P. The van der Waals surface area contributed by atoms with E-state index >= 15 is 0 Å². The molecule has 0 spiro atoms. The molecule has 38 heteroatoms. The zero-order valence-corrected chi connectivity index (χ0v) is 67.2. The Morgan fingerprint density at radius 1 is 0.643 bits per heavy atom. The Hall–Kier alpha value is -10.5. The lowest BCUT2D eigenvalue weighted by atomic mass is 9.96. The normalized spacial score (nSPS) is 15.3. The minimum absolute atomic E-state index is 0.00792. The third-order valence-corrected chi connectivity index (χ3v) is 18.4. The SMILES string of the molecule is C=C(C(=O)N[C@@H](C)C(=O)N(C)[C@@H](C)C(=O)N[C@H](C(=O)NC)[C@H](OC(=O)[C@@H](NC(=O)CC)[C@H](O[PH](=O)OCc1ccc(NC(=O)[C@H](CCCNC(N)=O)NC(=O)[C@@H](NC(=O)CCOCCN2C(=O)C=CC2=O)C(C)C)cc1)C(C)C)C(C)C)N(C)C(=O)[C@@H](Cc1ccccc1)OC(=O)[C@@H](NC(C)=O)[C@@H](C)OC(=O)C[C@@H](C)OC. The van der Waals surface area contributed by atoms with Gasteiger partial charge in [0.1, 0.15) is 54.2 Å². The summed E-state index contributed by atoms with van der Waals surface area (Å²) in [7, 11) is 1.45. The van der Waals surface area contributed by atoms with Gasteiger partial charge in [-0.2, -0.15) is 0 Å². The number of hydrogen-bond acceptors (Lipinski definition) is 24. The van der Waals surface area contributed by atoms with Gasteiger partial charge in [0.25, 0.3) is 23.6 Å². The van der Waals surface area contributed by atoms with Crippen LogP contribution < -0.4 is 53.6 Å². The number of methoxy groups -OCH3 is 1. The molecule has 0 saturated heterocycles. The topological polar surface area (TPSA) is 499 Å². The number of primary amides is 1. The number of rotatable bonds is 48. The van der Waals surface area contributed by atoms with Crippen molar-refractivity contribution in [2.75, 3.05) is 59.9 Å². The van der Waals surface area contributed by atoms with Gasteiger partial charge in [-0.15, -0.1) is 0 Å². The molecule has 37 nitrogen and oxygen atoms in total. The minimum Gasteiger partial charge on any atom is -0.460 e. The van der Waals surface area contributed by atoms with Crippen molar-refractivity contribution in [1.29, 1.82) is 0 Å². The summed E-state index contributed by atoms with van der Waals surface area (Å²) >= 11 is 0. The Morgan fingerprint density at radius 2 is 1.25 bits per heavy atom. The van der Waals surface area contributed by atoms with Gasteiger partial charge in [-0.05, 0) is 81.5 Å². The van der Waals surface area contributed by atoms with Gasteiger partial charge in [0.2, 0.25) is 47.3 Å². The maximum absolute atomic E-state index is 14.5. The summed E-state index contributed by atoms with van der Waals surface area (Å²) in [4.78, 5) is 215. The van der Waals surface area contributed by atoms with Crippen molar-refractivity contribution in [3.63, 3.8) is 0 Å². The van der Waals surface area contributed by atoms with Crippen LogP contribution in [0.1, 0.15) is 126 Å². The summed E-state index contributed by atoms with van der Waals surface area (Å²) in [5.41, 5.74) is 5.87. The van der Waals surface area contributed by atoms with E-state index in [1.54, 1.807) is 78.8 Å². The Balaban J connectivity index is 1.74. The van der Waals surface area contributed by atoms with Crippen LogP contribution in [0, 0.1) is 17.8 Å². The predicted molar refractivity (Wildman–Crippen MR) is 404 cm³/mol. The van der Waals surface area contributed by atoms with Crippen LogP contribution >= 0.6 is 8.25 Å². The Bertz CT molecular complexity index is 3680. The highest BCUT2D eigenvalue weighted by Gasteiger charge is 2.43. The smallest absolute Gasteiger partial charge is 0.333 e. The first-order valence-electron chi connectivity index (χ1n) is 36.4. The third kappa shape index (κ3) is 31.7. The lowest BCUT2D eigenvalue weighted by molar-refractivity contribution is -0.167. The second kappa shape index (κ2) is 47.7. The zero-order valence-electron chi connectivity index (χ0n) is 66.2. The van der Waals surface area contributed by atoms with Crippen LogP contribution in [0.2, 0.25) is 0 Å². The number of likely N-dealkylation sites (N-methyl/N-ethyl adjacent to an activating group) is 3. The molecule has 1 aliphatic rings. The van der Waals surface area contributed by atoms with Gasteiger partial charge in [0, 0.05) is 78.8 Å². The van der Waals surface area contributed by atoms with E-state index in [0.717, 1.165) is 40.8 Å². The van der Waals surface area contributed by atoms with Crippen LogP contribution in [-0.4, -0.2) is 237 Å². The van der Waals surface area contributed by atoms with E-state index in [2.05, 4.69) is 54.4 Å². The number of benzene rings is 2. The molecule has 1 aliphatic heterocycles. The number of hydrogen-bond donors (Lipinski definition) is 10. The lowest BCUT2D eigenvalue weighted by Crippen LogP contribution is -2.61. The summed E-state index contributed by atoms with van der Waals surface area (Å²) in [6.07, 6.45) is -4.72. The van der Waals surface area contributed by atoms with Crippen LogP contribution in [0.15, 0.2) is 79.0 Å². The van der Waals surface area contributed by atoms with E-state index in [1.807, 2.05) is 0 Å². The molecular weight excluding hydrogens is 1490 g/mol. The number of carbonyl (C=O) groups is 16. The quantitative estimate of drug-likeness (QED) is 0.0110. The maximum Gasteiger partial charge on any atom is 0.333 e. The Kier molecular flexibility index (Phi) is 40.7. The van der Waals surface area contributed by atoms with E-state index in [9.17, 15) is 81.3 Å². The molecule has 13 atom stereocenters. The van der Waals surface area contributed by atoms with Gasteiger partial charge >= 0.3 is 32.2 Å². The second-order valence-electron chi connectivity index (χ2n) is 27.4. The standard InChI is InChI=1S/C74H110N13O24P/c1-18-54(89)82-62(64(42(6)7)111-112(104)107-39-50-26-28-51(29-27-50)80-67(96)52(25-22-33-77-74(75)103)81-69(98)59(40(2)3)83-55(90)32-35-106-36-34-87-56(91)30-31-57(87)92)73(102)110-63(41(4)5)61(68(97)76-14)84-66(95)46(11)85(15)70(99)44(9)78-65(94)45(10)86(16)71(100)53(38-49-23-20-19-21-24-49)109-72(101)60(79-48(13)88)47(12)108-58(93)37-43(8)105-17/h19-21,23-24,26-31,40-44,46-47,52-53,59-64,112H,10,18,22,25,32-39H2,1-9,11-17H3,(H,76,97)(H,78,94)(H,79,88)(H,80,96)(H,81,98)(H,82,89)(H,83,90)(H,84,95)(H3,75,77,103)/t43-,44+,46+,47-,52+,53-,59+,60+,61+,62+,63-,64-/m1/s1. The number of carbonyl (C=O) groups excluding carboxylic acids is 16. The number of imide groups is 1. The average Bonchev–Trinajstić information content (AvgIpc) is 1.02. The van der Waals surface area contributed by atoms with E-state index in [-0.39, 0.29) is 77.1 Å². The van der Waals surface area contributed by atoms with Crippen molar-refractivity contribution in [1.82, 2.24) is 57.2 Å². The van der Waals surface area contributed by atoms with Crippen LogP contribution in [0.3, 0.4) is 0 Å². The summed E-state index contributed by atoms with van der Waals surface area (Å²) in [6.45, 7) is 21.1.